The SMILES string of the molecule is COc1cccc(N2CCN(CC(C)C#N)CC2)c1. The zero-order valence-corrected chi connectivity index (χ0v) is 11.7. The van der Waals surface area contributed by atoms with Gasteiger partial charge in [0, 0.05) is 44.5 Å². The monoisotopic (exact) mass is 259 g/mol. The normalized spacial score (nSPS) is 17.8. The van der Waals surface area contributed by atoms with Crippen LogP contribution in [0.1, 0.15) is 6.92 Å². The van der Waals surface area contributed by atoms with Crippen molar-refractivity contribution in [2.24, 2.45) is 5.92 Å². The molecule has 1 aliphatic rings. The van der Waals surface area contributed by atoms with E-state index in [1.165, 1.54) is 5.69 Å². The number of nitrogens with zero attached hydrogens (tertiary/aromatic N) is 3. The molecule has 0 amide bonds. The van der Waals surface area contributed by atoms with E-state index in [0.717, 1.165) is 38.5 Å². The van der Waals surface area contributed by atoms with Gasteiger partial charge >= 0.3 is 0 Å². The molecule has 0 bridgehead atoms. The highest BCUT2D eigenvalue weighted by molar-refractivity contribution is 5.51. The second-order valence-electron chi connectivity index (χ2n) is 5.02. The smallest absolute Gasteiger partial charge is 0.120 e. The maximum atomic E-state index is 8.85. The highest BCUT2D eigenvalue weighted by Gasteiger charge is 2.18. The third kappa shape index (κ3) is 3.62. The standard InChI is InChI=1S/C15H21N3O/c1-13(11-16)12-17-6-8-18(9-7-17)14-4-3-5-15(10-14)19-2/h3-5,10,13H,6-9,12H2,1-2H3. The number of piperazine rings is 1. The van der Waals surface area contributed by atoms with Gasteiger partial charge in [-0.25, -0.2) is 0 Å². The molecular formula is C15H21N3O. The van der Waals surface area contributed by atoms with E-state index in [1.807, 2.05) is 19.1 Å². The molecule has 1 unspecified atom stereocenters. The summed E-state index contributed by atoms with van der Waals surface area (Å²) in [5, 5.41) is 8.85. The van der Waals surface area contributed by atoms with Gasteiger partial charge in [0.1, 0.15) is 5.75 Å². The first-order valence-electron chi connectivity index (χ1n) is 6.74. The molecule has 2 rings (SSSR count). The van der Waals surface area contributed by atoms with Crippen LogP contribution in [0.3, 0.4) is 0 Å². The van der Waals surface area contributed by atoms with Crippen molar-refractivity contribution in [3.05, 3.63) is 24.3 Å². The topological polar surface area (TPSA) is 39.5 Å². The predicted octanol–water partition coefficient (Wildman–Crippen LogP) is 1.98. The van der Waals surface area contributed by atoms with Gasteiger partial charge < -0.3 is 9.64 Å². The lowest BCUT2D eigenvalue weighted by atomic mass is 10.1. The fourth-order valence-corrected chi connectivity index (χ4v) is 2.42. The van der Waals surface area contributed by atoms with Crippen molar-refractivity contribution in [1.82, 2.24) is 4.90 Å². The van der Waals surface area contributed by atoms with Crippen LogP contribution in [-0.4, -0.2) is 44.7 Å². The molecule has 0 N–H and O–H groups in total. The van der Waals surface area contributed by atoms with Gasteiger partial charge in [-0.2, -0.15) is 5.26 Å². The van der Waals surface area contributed by atoms with Crippen molar-refractivity contribution in [2.75, 3.05) is 44.7 Å². The maximum absolute atomic E-state index is 8.85. The highest BCUT2D eigenvalue weighted by Crippen LogP contribution is 2.22. The van der Waals surface area contributed by atoms with Gasteiger partial charge in [-0.05, 0) is 19.1 Å². The predicted molar refractivity (Wildman–Crippen MR) is 76.4 cm³/mol. The van der Waals surface area contributed by atoms with Crippen LogP contribution in [0.15, 0.2) is 24.3 Å². The zero-order valence-electron chi connectivity index (χ0n) is 11.7. The van der Waals surface area contributed by atoms with Crippen molar-refractivity contribution in [3.63, 3.8) is 0 Å². The molecular weight excluding hydrogens is 238 g/mol. The minimum absolute atomic E-state index is 0.114. The summed E-state index contributed by atoms with van der Waals surface area (Å²) < 4.78 is 5.26. The Balaban J connectivity index is 1.90. The summed E-state index contributed by atoms with van der Waals surface area (Å²) >= 11 is 0. The minimum atomic E-state index is 0.114. The number of hydrogen-bond acceptors (Lipinski definition) is 4. The van der Waals surface area contributed by atoms with E-state index in [4.69, 9.17) is 10.00 Å². The first kappa shape index (κ1) is 13.7. The summed E-state index contributed by atoms with van der Waals surface area (Å²) in [5.74, 6) is 1.02. The first-order chi connectivity index (χ1) is 9.22. The summed E-state index contributed by atoms with van der Waals surface area (Å²) in [6.45, 7) is 6.90. The Morgan fingerprint density at radius 3 is 2.68 bits per heavy atom. The minimum Gasteiger partial charge on any atom is -0.497 e. The van der Waals surface area contributed by atoms with Crippen LogP contribution in [0, 0.1) is 17.2 Å². The van der Waals surface area contributed by atoms with E-state index in [2.05, 4.69) is 28.0 Å². The molecule has 1 heterocycles. The number of methoxy groups -OCH3 is 1. The third-order valence-electron chi connectivity index (χ3n) is 3.54. The van der Waals surface area contributed by atoms with Crippen molar-refractivity contribution in [1.29, 1.82) is 5.26 Å². The van der Waals surface area contributed by atoms with Crippen molar-refractivity contribution in [2.45, 2.75) is 6.92 Å². The second-order valence-corrected chi connectivity index (χ2v) is 5.02. The number of anilines is 1. The van der Waals surface area contributed by atoms with Crippen LogP contribution in [0.25, 0.3) is 0 Å². The van der Waals surface area contributed by atoms with Crippen LogP contribution in [-0.2, 0) is 0 Å². The van der Waals surface area contributed by atoms with Gasteiger partial charge in [0.15, 0.2) is 0 Å². The lowest BCUT2D eigenvalue weighted by molar-refractivity contribution is 0.241. The molecule has 1 saturated heterocycles. The van der Waals surface area contributed by atoms with Crippen LogP contribution < -0.4 is 9.64 Å². The maximum Gasteiger partial charge on any atom is 0.120 e. The Morgan fingerprint density at radius 1 is 1.32 bits per heavy atom. The molecule has 0 radical (unpaired) electrons. The van der Waals surface area contributed by atoms with Gasteiger partial charge in [0.05, 0.1) is 19.1 Å². The molecule has 0 aromatic heterocycles. The first-order valence-corrected chi connectivity index (χ1v) is 6.74. The summed E-state index contributed by atoms with van der Waals surface area (Å²) in [6, 6.07) is 10.5. The van der Waals surface area contributed by atoms with E-state index < -0.39 is 0 Å². The highest BCUT2D eigenvalue weighted by atomic mass is 16.5. The molecule has 1 aromatic carbocycles. The van der Waals surface area contributed by atoms with Crippen LogP contribution in [0.4, 0.5) is 5.69 Å². The molecule has 0 spiro atoms. The quantitative estimate of drug-likeness (QED) is 0.829. The van der Waals surface area contributed by atoms with Gasteiger partial charge in [0.25, 0.3) is 0 Å². The number of benzene rings is 1. The van der Waals surface area contributed by atoms with E-state index in [0.29, 0.717) is 0 Å². The van der Waals surface area contributed by atoms with Gasteiger partial charge in [-0.1, -0.05) is 6.07 Å². The Bertz CT molecular complexity index is 447. The average Bonchev–Trinajstić information content (AvgIpc) is 2.48. The Labute approximate surface area is 115 Å². The number of ether oxygens (including phenoxy) is 1. The van der Waals surface area contributed by atoms with Gasteiger partial charge in [-0.3, -0.25) is 4.90 Å². The van der Waals surface area contributed by atoms with Crippen LogP contribution in [0.2, 0.25) is 0 Å². The van der Waals surface area contributed by atoms with Crippen LogP contribution in [0.5, 0.6) is 5.75 Å². The lowest BCUT2D eigenvalue weighted by Crippen LogP contribution is -2.47. The fraction of sp³-hybridized carbons (Fsp3) is 0.533. The van der Waals surface area contributed by atoms with Crippen molar-refractivity contribution >= 4 is 5.69 Å². The van der Waals surface area contributed by atoms with Gasteiger partial charge in [0.2, 0.25) is 0 Å². The fourth-order valence-electron chi connectivity index (χ4n) is 2.42. The zero-order chi connectivity index (χ0) is 13.7. The number of rotatable bonds is 4. The molecule has 19 heavy (non-hydrogen) atoms. The molecule has 0 aliphatic carbocycles. The second kappa shape index (κ2) is 6.44. The van der Waals surface area contributed by atoms with Gasteiger partial charge in [-0.15, -0.1) is 0 Å². The summed E-state index contributed by atoms with van der Waals surface area (Å²) in [5.41, 5.74) is 1.22. The molecule has 1 atom stereocenters. The van der Waals surface area contributed by atoms with Crippen molar-refractivity contribution in [3.8, 4) is 11.8 Å². The van der Waals surface area contributed by atoms with Crippen LogP contribution >= 0.6 is 0 Å². The molecule has 1 aromatic rings. The third-order valence-corrected chi connectivity index (χ3v) is 3.54. The van der Waals surface area contributed by atoms with Crippen molar-refractivity contribution < 1.29 is 4.74 Å². The molecule has 1 aliphatic heterocycles. The molecule has 4 nitrogen and oxygen atoms in total. The molecule has 102 valence electrons. The number of nitriles is 1. The summed E-state index contributed by atoms with van der Waals surface area (Å²) in [6.07, 6.45) is 0. The Kier molecular flexibility index (Phi) is 4.64. The van der Waals surface area contributed by atoms with E-state index in [-0.39, 0.29) is 5.92 Å². The molecule has 1 fully saturated rings. The molecule has 4 heteroatoms. The molecule has 0 saturated carbocycles. The summed E-state index contributed by atoms with van der Waals surface area (Å²) in [7, 11) is 1.69. The largest absolute Gasteiger partial charge is 0.497 e. The summed E-state index contributed by atoms with van der Waals surface area (Å²) in [4.78, 5) is 4.74. The lowest BCUT2D eigenvalue weighted by Gasteiger charge is -2.36. The average molecular weight is 259 g/mol. The number of hydrogen-bond donors (Lipinski definition) is 0. The Morgan fingerprint density at radius 2 is 2.05 bits per heavy atom. The van der Waals surface area contributed by atoms with E-state index in [9.17, 15) is 0 Å². The van der Waals surface area contributed by atoms with E-state index in [1.54, 1.807) is 7.11 Å². The van der Waals surface area contributed by atoms with E-state index >= 15 is 0 Å². The Hall–Kier alpha value is -1.73.